The number of nitrogens with zero attached hydrogens (tertiary/aromatic N) is 4. The molecule has 0 N–H and O–H groups in total. The van der Waals surface area contributed by atoms with Gasteiger partial charge in [-0.25, -0.2) is 0 Å². The van der Waals surface area contributed by atoms with Gasteiger partial charge in [0.2, 0.25) is 5.89 Å². The highest BCUT2D eigenvalue weighted by atomic mass is 16.5. The molecule has 2 fully saturated rings. The van der Waals surface area contributed by atoms with Gasteiger partial charge < -0.3 is 9.26 Å². The Morgan fingerprint density at radius 1 is 1.30 bits per heavy atom. The van der Waals surface area contributed by atoms with Crippen molar-refractivity contribution in [2.45, 2.75) is 64.1 Å². The van der Waals surface area contributed by atoms with Crippen molar-refractivity contribution in [1.82, 2.24) is 19.9 Å². The molecule has 0 bridgehead atoms. The first-order valence-electron chi connectivity index (χ1n) is 8.98. The third-order valence-electron chi connectivity index (χ3n) is 4.98. The molecule has 0 saturated carbocycles. The molecule has 2 saturated heterocycles. The lowest BCUT2D eigenvalue weighted by Crippen LogP contribution is -2.38. The molecule has 2 atom stereocenters. The molecular weight excluding hydrogens is 292 g/mol. The van der Waals surface area contributed by atoms with Crippen molar-refractivity contribution >= 4 is 0 Å². The van der Waals surface area contributed by atoms with Gasteiger partial charge in [0.25, 0.3) is 0 Å². The zero-order valence-corrected chi connectivity index (χ0v) is 14.7. The van der Waals surface area contributed by atoms with E-state index in [9.17, 15) is 0 Å². The van der Waals surface area contributed by atoms with E-state index >= 15 is 0 Å². The number of hydrogen-bond donors (Lipinski definition) is 0. The van der Waals surface area contributed by atoms with Crippen LogP contribution in [0.15, 0.2) is 4.52 Å². The summed E-state index contributed by atoms with van der Waals surface area (Å²) in [4.78, 5) is 9.39. The van der Waals surface area contributed by atoms with Crippen LogP contribution in [-0.2, 0) is 11.3 Å². The van der Waals surface area contributed by atoms with Crippen LogP contribution >= 0.6 is 0 Å². The van der Waals surface area contributed by atoms with Gasteiger partial charge >= 0.3 is 0 Å². The molecule has 23 heavy (non-hydrogen) atoms. The highest BCUT2D eigenvalue weighted by Crippen LogP contribution is 2.20. The van der Waals surface area contributed by atoms with Crippen molar-refractivity contribution in [2.75, 3.05) is 33.3 Å². The SMILES string of the molecule is CC(C)c1nc(CN(C)[C@H]2CCN(C[C@@H]3CCCCO3)C2)no1. The van der Waals surface area contributed by atoms with E-state index in [-0.39, 0.29) is 0 Å². The monoisotopic (exact) mass is 322 g/mol. The molecule has 0 aromatic carbocycles. The van der Waals surface area contributed by atoms with Crippen molar-refractivity contribution in [3.8, 4) is 0 Å². The fourth-order valence-corrected chi connectivity index (χ4v) is 3.50. The summed E-state index contributed by atoms with van der Waals surface area (Å²) in [6.45, 7) is 9.21. The van der Waals surface area contributed by atoms with E-state index in [2.05, 4.69) is 40.8 Å². The standard InChI is InChI=1S/C17H30N4O2/c1-13(2)17-18-16(19-23-17)12-20(3)14-7-8-21(10-14)11-15-6-4-5-9-22-15/h13-15H,4-12H2,1-3H3/t14-,15-/m0/s1. The first kappa shape index (κ1) is 16.9. The zero-order chi connectivity index (χ0) is 16.2. The molecule has 3 heterocycles. The number of aromatic nitrogens is 2. The van der Waals surface area contributed by atoms with Crippen LogP contribution in [-0.4, -0.2) is 65.4 Å². The van der Waals surface area contributed by atoms with Crippen molar-refractivity contribution in [3.63, 3.8) is 0 Å². The summed E-state index contributed by atoms with van der Waals surface area (Å²) in [5.41, 5.74) is 0. The Morgan fingerprint density at radius 3 is 2.87 bits per heavy atom. The topological polar surface area (TPSA) is 54.6 Å². The average molecular weight is 322 g/mol. The van der Waals surface area contributed by atoms with E-state index in [1.54, 1.807) is 0 Å². The van der Waals surface area contributed by atoms with Crippen LogP contribution in [0.5, 0.6) is 0 Å². The van der Waals surface area contributed by atoms with E-state index in [4.69, 9.17) is 9.26 Å². The van der Waals surface area contributed by atoms with E-state index in [1.807, 2.05) is 0 Å². The maximum Gasteiger partial charge on any atom is 0.229 e. The van der Waals surface area contributed by atoms with Crippen LogP contribution in [0, 0.1) is 0 Å². The third-order valence-corrected chi connectivity index (χ3v) is 4.98. The maximum atomic E-state index is 5.87. The molecule has 0 amide bonds. The minimum atomic E-state index is 0.291. The largest absolute Gasteiger partial charge is 0.377 e. The minimum absolute atomic E-state index is 0.291. The summed E-state index contributed by atoms with van der Waals surface area (Å²) in [6.07, 6.45) is 5.41. The van der Waals surface area contributed by atoms with Gasteiger partial charge in [0, 0.05) is 31.7 Å². The number of likely N-dealkylation sites (N-methyl/N-ethyl adjacent to an activating group) is 1. The van der Waals surface area contributed by atoms with Gasteiger partial charge in [0.15, 0.2) is 5.82 Å². The lowest BCUT2D eigenvalue weighted by atomic mass is 10.1. The van der Waals surface area contributed by atoms with Gasteiger partial charge in [-0.3, -0.25) is 9.80 Å². The van der Waals surface area contributed by atoms with Gasteiger partial charge in [-0.05, 0) is 39.3 Å². The molecule has 2 aliphatic rings. The molecular formula is C17H30N4O2. The molecule has 2 aliphatic heterocycles. The van der Waals surface area contributed by atoms with Crippen LogP contribution in [0.25, 0.3) is 0 Å². The molecule has 0 unspecified atom stereocenters. The smallest absolute Gasteiger partial charge is 0.229 e. The molecule has 1 aromatic heterocycles. The third kappa shape index (κ3) is 4.52. The van der Waals surface area contributed by atoms with Gasteiger partial charge in [-0.1, -0.05) is 19.0 Å². The number of ether oxygens (including phenoxy) is 1. The van der Waals surface area contributed by atoms with Crippen molar-refractivity contribution in [2.24, 2.45) is 0 Å². The summed E-state index contributed by atoms with van der Waals surface area (Å²) in [7, 11) is 2.16. The lowest BCUT2D eigenvalue weighted by molar-refractivity contribution is -0.00281. The summed E-state index contributed by atoms with van der Waals surface area (Å²) < 4.78 is 11.2. The van der Waals surface area contributed by atoms with E-state index in [0.29, 0.717) is 18.1 Å². The molecule has 0 spiro atoms. The van der Waals surface area contributed by atoms with Gasteiger partial charge in [0.05, 0.1) is 12.6 Å². The number of likely N-dealkylation sites (tertiary alicyclic amines) is 1. The zero-order valence-electron chi connectivity index (χ0n) is 14.7. The molecule has 6 heteroatoms. The maximum absolute atomic E-state index is 5.87. The van der Waals surface area contributed by atoms with Gasteiger partial charge in [-0.2, -0.15) is 4.98 Å². The lowest BCUT2D eigenvalue weighted by Gasteiger charge is -2.28. The molecule has 0 aliphatic carbocycles. The van der Waals surface area contributed by atoms with Crippen LogP contribution in [0.1, 0.15) is 57.2 Å². The fraction of sp³-hybridized carbons (Fsp3) is 0.882. The molecule has 0 radical (unpaired) electrons. The second-order valence-corrected chi connectivity index (χ2v) is 7.31. The Labute approximate surface area is 139 Å². The Hall–Kier alpha value is -0.980. The Morgan fingerprint density at radius 2 is 2.17 bits per heavy atom. The minimum Gasteiger partial charge on any atom is -0.377 e. The Bertz CT molecular complexity index is 485. The van der Waals surface area contributed by atoms with Gasteiger partial charge in [0.1, 0.15) is 0 Å². The van der Waals surface area contributed by atoms with Crippen LogP contribution < -0.4 is 0 Å². The predicted molar refractivity (Wildman–Crippen MR) is 88.3 cm³/mol. The molecule has 1 aromatic rings. The summed E-state index contributed by atoms with van der Waals surface area (Å²) in [6, 6.07) is 0.569. The average Bonchev–Trinajstić information content (AvgIpc) is 3.18. The second-order valence-electron chi connectivity index (χ2n) is 7.31. The van der Waals surface area contributed by atoms with Crippen molar-refractivity contribution in [3.05, 3.63) is 11.7 Å². The second kappa shape index (κ2) is 7.73. The molecule has 6 nitrogen and oxygen atoms in total. The number of hydrogen-bond acceptors (Lipinski definition) is 6. The van der Waals surface area contributed by atoms with Crippen LogP contribution in [0.4, 0.5) is 0 Å². The van der Waals surface area contributed by atoms with E-state index in [1.165, 1.54) is 32.2 Å². The van der Waals surface area contributed by atoms with Crippen molar-refractivity contribution in [1.29, 1.82) is 0 Å². The Balaban J connectivity index is 1.45. The summed E-state index contributed by atoms with van der Waals surface area (Å²) in [5, 5.41) is 4.10. The first-order valence-corrected chi connectivity index (χ1v) is 8.98. The van der Waals surface area contributed by atoms with E-state index in [0.717, 1.165) is 38.0 Å². The Kier molecular flexibility index (Phi) is 5.67. The predicted octanol–water partition coefficient (Wildman–Crippen LogP) is 2.27. The summed E-state index contributed by atoms with van der Waals surface area (Å²) >= 11 is 0. The quantitative estimate of drug-likeness (QED) is 0.801. The summed E-state index contributed by atoms with van der Waals surface area (Å²) in [5.74, 6) is 1.82. The van der Waals surface area contributed by atoms with Crippen LogP contribution in [0.3, 0.4) is 0 Å². The van der Waals surface area contributed by atoms with Gasteiger partial charge in [-0.15, -0.1) is 0 Å². The number of rotatable bonds is 6. The van der Waals surface area contributed by atoms with Crippen LogP contribution in [0.2, 0.25) is 0 Å². The van der Waals surface area contributed by atoms with Crippen molar-refractivity contribution < 1.29 is 9.26 Å². The normalized spacial score (nSPS) is 26.5. The molecule has 130 valence electrons. The fourth-order valence-electron chi connectivity index (χ4n) is 3.50. The highest BCUT2D eigenvalue weighted by molar-refractivity contribution is 4.92. The molecule has 3 rings (SSSR count). The first-order chi connectivity index (χ1) is 11.1. The highest BCUT2D eigenvalue weighted by Gasteiger charge is 2.28. The van der Waals surface area contributed by atoms with E-state index < -0.39 is 0 Å².